The fourth-order valence-electron chi connectivity index (χ4n) is 2.64. The molecule has 1 aliphatic heterocycles. The highest BCUT2D eigenvalue weighted by Gasteiger charge is 2.27. The number of imide groups is 1. The molecule has 0 aliphatic carbocycles. The zero-order valence-corrected chi connectivity index (χ0v) is 17.9. The predicted molar refractivity (Wildman–Crippen MR) is 114 cm³/mol. The largest absolute Gasteiger partial charge is 0.357 e. The molecule has 26 heavy (non-hydrogen) atoms. The first-order chi connectivity index (χ1) is 12.0. The number of aryl methyl sites for hydroxylation is 1. The molecule has 0 unspecified atom stereocenters. The van der Waals surface area contributed by atoms with Crippen LogP contribution in [0.1, 0.15) is 25.0 Å². The van der Waals surface area contributed by atoms with Crippen LogP contribution in [0.3, 0.4) is 0 Å². The zero-order valence-electron chi connectivity index (χ0n) is 15.6. The van der Waals surface area contributed by atoms with Gasteiger partial charge in [-0.05, 0) is 24.5 Å². The average Bonchev–Trinajstić information content (AvgIpc) is 2.93. The fourth-order valence-corrected chi connectivity index (χ4v) is 2.64. The van der Waals surface area contributed by atoms with E-state index in [9.17, 15) is 9.59 Å². The summed E-state index contributed by atoms with van der Waals surface area (Å²) in [5, 5.41) is 5.76. The third kappa shape index (κ3) is 6.15. The molecule has 8 heteroatoms. The molecule has 144 valence electrons. The van der Waals surface area contributed by atoms with Crippen LogP contribution in [-0.2, 0) is 17.8 Å². The van der Waals surface area contributed by atoms with Crippen molar-refractivity contribution < 1.29 is 9.59 Å². The Hall–Kier alpha value is -1.84. The Bertz CT molecular complexity index is 617. The second-order valence-electron chi connectivity index (χ2n) is 5.97. The van der Waals surface area contributed by atoms with Crippen molar-refractivity contribution in [1.29, 1.82) is 0 Å². The van der Waals surface area contributed by atoms with Crippen LogP contribution in [-0.4, -0.2) is 60.9 Å². The van der Waals surface area contributed by atoms with Crippen LogP contribution < -0.4 is 10.6 Å². The average molecular weight is 473 g/mol. The van der Waals surface area contributed by atoms with E-state index in [1.54, 1.807) is 0 Å². The summed E-state index contributed by atoms with van der Waals surface area (Å²) in [4.78, 5) is 30.9. The summed E-state index contributed by atoms with van der Waals surface area (Å²) in [6.07, 6.45) is 1.03. The van der Waals surface area contributed by atoms with Crippen LogP contribution in [0, 0.1) is 0 Å². The van der Waals surface area contributed by atoms with Gasteiger partial charge in [0.05, 0.1) is 19.6 Å². The first-order valence-electron chi connectivity index (χ1n) is 8.70. The molecule has 0 aromatic heterocycles. The lowest BCUT2D eigenvalue weighted by Crippen LogP contribution is -2.39. The van der Waals surface area contributed by atoms with Gasteiger partial charge in [-0.2, -0.15) is 0 Å². The Labute approximate surface area is 172 Å². The number of rotatable bonds is 7. The van der Waals surface area contributed by atoms with E-state index in [4.69, 9.17) is 0 Å². The van der Waals surface area contributed by atoms with Gasteiger partial charge in [0.25, 0.3) is 0 Å². The summed E-state index contributed by atoms with van der Waals surface area (Å²) in [5.41, 5.74) is 2.53. The van der Waals surface area contributed by atoms with Gasteiger partial charge in [-0.25, -0.2) is 4.79 Å². The molecular formula is C18H28IN5O2. The van der Waals surface area contributed by atoms with Gasteiger partial charge in [0, 0.05) is 20.1 Å². The van der Waals surface area contributed by atoms with E-state index >= 15 is 0 Å². The van der Waals surface area contributed by atoms with Crippen molar-refractivity contribution in [2.75, 3.05) is 33.2 Å². The van der Waals surface area contributed by atoms with Gasteiger partial charge in [-0.3, -0.25) is 14.7 Å². The van der Waals surface area contributed by atoms with Gasteiger partial charge in [-0.15, -0.1) is 24.0 Å². The van der Waals surface area contributed by atoms with Crippen molar-refractivity contribution in [2.45, 2.75) is 26.8 Å². The molecule has 7 nitrogen and oxygen atoms in total. The number of halogens is 1. The number of benzene rings is 1. The lowest BCUT2D eigenvalue weighted by atomic mass is 10.1. The maximum absolute atomic E-state index is 11.6. The van der Waals surface area contributed by atoms with E-state index in [0.29, 0.717) is 13.1 Å². The standard InChI is InChI=1S/C18H27N5O2.HI/c1-4-14-6-8-15(9-7-14)13-22(3)17(19-5-2)20-10-11-23-16(24)12-21-18(23)25;/h6-9H,4-5,10-13H2,1-3H3,(H,19,20)(H,21,25);1H. The summed E-state index contributed by atoms with van der Waals surface area (Å²) in [5.74, 6) is 0.559. The van der Waals surface area contributed by atoms with Crippen LogP contribution in [0.15, 0.2) is 29.3 Å². The summed E-state index contributed by atoms with van der Waals surface area (Å²) in [7, 11) is 1.98. The van der Waals surface area contributed by atoms with E-state index < -0.39 is 0 Å². The first kappa shape index (κ1) is 22.2. The van der Waals surface area contributed by atoms with Gasteiger partial charge in [-0.1, -0.05) is 31.2 Å². The van der Waals surface area contributed by atoms with E-state index in [1.807, 2.05) is 18.9 Å². The number of urea groups is 1. The Morgan fingerprint density at radius 2 is 1.88 bits per heavy atom. The second kappa shape index (κ2) is 11.0. The number of hydrogen-bond acceptors (Lipinski definition) is 3. The predicted octanol–water partition coefficient (Wildman–Crippen LogP) is 1.82. The van der Waals surface area contributed by atoms with Crippen molar-refractivity contribution in [3.05, 3.63) is 35.4 Å². The van der Waals surface area contributed by atoms with Gasteiger partial charge in [0.15, 0.2) is 5.96 Å². The van der Waals surface area contributed by atoms with Crippen LogP contribution in [0.4, 0.5) is 4.79 Å². The molecule has 1 aromatic rings. The monoisotopic (exact) mass is 473 g/mol. The minimum atomic E-state index is -0.338. The number of nitrogens with zero attached hydrogens (tertiary/aromatic N) is 3. The maximum atomic E-state index is 11.6. The van der Waals surface area contributed by atoms with Crippen molar-refractivity contribution >= 4 is 41.9 Å². The van der Waals surface area contributed by atoms with Crippen molar-refractivity contribution in [3.8, 4) is 0 Å². The molecule has 0 bridgehead atoms. The van der Waals surface area contributed by atoms with Crippen LogP contribution in [0.25, 0.3) is 0 Å². The Kier molecular flexibility index (Phi) is 9.39. The molecule has 0 spiro atoms. The second-order valence-corrected chi connectivity index (χ2v) is 5.97. The lowest BCUT2D eigenvalue weighted by Gasteiger charge is -2.22. The number of aliphatic imine (C=N–C) groups is 1. The number of carbonyl (C=O) groups excluding carboxylic acids is 2. The van der Waals surface area contributed by atoms with E-state index in [2.05, 4.69) is 46.8 Å². The Morgan fingerprint density at radius 3 is 2.42 bits per heavy atom. The number of amides is 3. The first-order valence-corrected chi connectivity index (χ1v) is 8.70. The third-order valence-corrected chi connectivity index (χ3v) is 4.07. The third-order valence-electron chi connectivity index (χ3n) is 4.07. The van der Waals surface area contributed by atoms with Crippen molar-refractivity contribution in [2.24, 2.45) is 4.99 Å². The fraction of sp³-hybridized carbons (Fsp3) is 0.500. The molecule has 1 aliphatic rings. The lowest BCUT2D eigenvalue weighted by molar-refractivity contribution is -0.124. The summed E-state index contributed by atoms with van der Waals surface area (Å²) >= 11 is 0. The molecule has 0 atom stereocenters. The summed E-state index contributed by atoms with van der Waals surface area (Å²) in [6.45, 7) is 6.38. The number of guanidine groups is 1. The number of hydrogen-bond donors (Lipinski definition) is 2. The molecular weight excluding hydrogens is 445 g/mol. The summed E-state index contributed by atoms with van der Waals surface area (Å²) < 4.78 is 0. The van der Waals surface area contributed by atoms with Gasteiger partial charge < -0.3 is 15.5 Å². The number of carbonyl (C=O) groups is 2. The van der Waals surface area contributed by atoms with Gasteiger partial charge in [0.2, 0.25) is 5.91 Å². The van der Waals surface area contributed by atoms with Crippen LogP contribution >= 0.6 is 24.0 Å². The normalized spacial score (nSPS) is 14.1. The van der Waals surface area contributed by atoms with E-state index in [-0.39, 0.29) is 42.5 Å². The van der Waals surface area contributed by atoms with E-state index in [0.717, 1.165) is 25.5 Å². The van der Waals surface area contributed by atoms with Crippen LogP contribution in [0.2, 0.25) is 0 Å². The minimum absolute atomic E-state index is 0. The molecule has 1 heterocycles. The van der Waals surface area contributed by atoms with Crippen molar-refractivity contribution in [3.63, 3.8) is 0 Å². The smallest absolute Gasteiger partial charge is 0.324 e. The van der Waals surface area contributed by atoms with Crippen molar-refractivity contribution in [1.82, 2.24) is 20.4 Å². The molecule has 2 N–H and O–H groups in total. The molecule has 1 saturated heterocycles. The molecule has 0 radical (unpaired) electrons. The molecule has 1 aromatic carbocycles. The number of nitrogens with one attached hydrogen (secondary N) is 2. The Morgan fingerprint density at radius 1 is 1.23 bits per heavy atom. The zero-order chi connectivity index (χ0) is 18.2. The molecule has 2 rings (SSSR count). The van der Waals surface area contributed by atoms with Gasteiger partial charge >= 0.3 is 6.03 Å². The highest BCUT2D eigenvalue weighted by Crippen LogP contribution is 2.07. The maximum Gasteiger partial charge on any atom is 0.324 e. The minimum Gasteiger partial charge on any atom is -0.357 e. The molecule has 1 fully saturated rings. The molecule has 3 amide bonds. The SMILES string of the molecule is CCNC(=NCCN1C(=O)CNC1=O)N(C)Cc1ccc(CC)cc1.I. The highest BCUT2D eigenvalue weighted by molar-refractivity contribution is 14.0. The molecule has 0 saturated carbocycles. The van der Waals surface area contributed by atoms with Crippen LogP contribution in [0.5, 0.6) is 0 Å². The van der Waals surface area contributed by atoms with E-state index in [1.165, 1.54) is 16.0 Å². The summed E-state index contributed by atoms with van der Waals surface area (Å²) in [6, 6.07) is 8.21. The topological polar surface area (TPSA) is 77.0 Å². The van der Waals surface area contributed by atoms with Gasteiger partial charge in [0.1, 0.15) is 0 Å². The quantitative estimate of drug-likeness (QED) is 0.274. The Balaban J connectivity index is 0.00000338. The highest BCUT2D eigenvalue weighted by atomic mass is 127.